The van der Waals surface area contributed by atoms with Crippen LogP contribution in [0.4, 0.5) is 5.69 Å². The first-order valence-corrected chi connectivity index (χ1v) is 10.3. The fourth-order valence-corrected chi connectivity index (χ4v) is 4.92. The van der Waals surface area contributed by atoms with E-state index in [0.717, 1.165) is 32.1 Å². The summed E-state index contributed by atoms with van der Waals surface area (Å²) in [5.74, 6) is 0.960. The van der Waals surface area contributed by atoms with Gasteiger partial charge in [-0.15, -0.1) is 10.2 Å². The van der Waals surface area contributed by atoms with Gasteiger partial charge in [-0.05, 0) is 38.0 Å². The van der Waals surface area contributed by atoms with Gasteiger partial charge in [-0.3, -0.25) is 4.79 Å². The lowest BCUT2D eigenvalue weighted by Gasteiger charge is -2.12. The molecule has 0 bridgehead atoms. The van der Waals surface area contributed by atoms with E-state index in [0.29, 0.717) is 5.02 Å². The number of carbonyl (C=O) groups excluding carboxylic acids is 1. The molecule has 0 saturated carbocycles. The summed E-state index contributed by atoms with van der Waals surface area (Å²) in [5, 5.41) is 11.5. The SMILES string of the molecule is CCCSc1nnc(S[C@@H](C)C(=O)Nc2cc(Cl)ccc2C)s1. The maximum Gasteiger partial charge on any atom is 0.237 e. The van der Waals surface area contributed by atoms with E-state index in [1.54, 1.807) is 17.8 Å². The Kier molecular flexibility index (Phi) is 7.20. The minimum absolute atomic E-state index is 0.0710. The molecule has 23 heavy (non-hydrogen) atoms. The van der Waals surface area contributed by atoms with Crippen molar-refractivity contribution in [1.82, 2.24) is 10.2 Å². The average Bonchev–Trinajstić information content (AvgIpc) is 2.96. The first-order valence-electron chi connectivity index (χ1n) is 7.19. The number of hydrogen-bond donors (Lipinski definition) is 1. The first-order chi connectivity index (χ1) is 11.0. The maximum absolute atomic E-state index is 12.3. The van der Waals surface area contributed by atoms with Gasteiger partial charge in [0.1, 0.15) is 0 Å². The van der Waals surface area contributed by atoms with Gasteiger partial charge < -0.3 is 5.32 Å². The van der Waals surface area contributed by atoms with Crippen molar-refractivity contribution < 1.29 is 4.79 Å². The van der Waals surface area contributed by atoms with E-state index in [4.69, 9.17) is 11.6 Å². The molecule has 0 saturated heterocycles. The summed E-state index contributed by atoms with van der Waals surface area (Å²) < 4.78 is 1.77. The molecule has 0 aliphatic carbocycles. The number of halogens is 1. The van der Waals surface area contributed by atoms with Gasteiger partial charge >= 0.3 is 0 Å². The van der Waals surface area contributed by atoms with Crippen molar-refractivity contribution >= 4 is 58.1 Å². The van der Waals surface area contributed by atoms with Crippen LogP contribution in [0.15, 0.2) is 26.9 Å². The molecular formula is C15H18ClN3OS3. The molecule has 0 aliphatic heterocycles. The number of rotatable bonds is 7. The zero-order chi connectivity index (χ0) is 16.8. The lowest BCUT2D eigenvalue weighted by atomic mass is 10.2. The Morgan fingerprint density at radius 1 is 1.39 bits per heavy atom. The molecule has 0 radical (unpaired) electrons. The number of hydrogen-bond acceptors (Lipinski definition) is 6. The number of thioether (sulfide) groups is 2. The molecule has 1 aromatic heterocycles. The number of anilines is 1. The van der Waals surface area contributed by atoms with Crippen molar-refractivity contribution in [3.63, 3.8) is 0 Å². The van der Waals surface area contributed by atoms with E-state index in [9.17, 15) is 4.79 Å². The molecule has 1 amide bonds. The molecule has 1 heterocycles. The Morgan fingerprint density at radius 3 is 2.87 bits per heavy atom. The fourth-order valence-electron chi connectivity index (χ4n) is 1.66. The summed E-state index contributed by atoms with van der Waals surface area (Å²) in [4.78, 5) is 12.3. The second-order valence-electron chi connectivity index (χ2n) is 4.89. The Labute approximate surface area is 153 Å². The van der Waals surface area contributed by atoms with E-state index >= 15 is 0 Å². The summed E-state index contributed by atoms with van der Waals surface area (Å²) in [6.45, 7) is 5.93. The predicted octanol–water partition coefficient (Wildman–Crippen LogP) is 5.12. The first kappa shape index (κ1) is 18.6. The topological polar surface area (TPSA) is 54.9 Å². The van der Waals surface area contributed by atoms with Gasteiger partial charge in [-0.1, -0.05) is 59.5 Å². The van der Waals surface area contributed by atoms with E-state index in [2.05, 4.69) is 22.4 Å². The van der Waals surface area contributed by atoms with Crippen LogP contribution in [-0.2, 0) is 4.79 Å². The highest BCUT2D eigenvalue weighted by Gasteiger charge is 2.18. The Hall–Kier alpha value is -0.760. The molecule has 0 aliphatic rings. The summed E-state index contributed by atoms with van der Waals surface area (Å²) in [5.41, 5.74) is 1.72. The van der Waals surface area contributed by atoms with E-state index in [1.165, 1.54) is 23.1 Å². The van der Waals surface area contributed by atoms with Gasteiger partial charge in [-0.2, -0.15) is 0 Å². The van der Waals surface area contributed by atoms with Crippen LogP contribution in [0.5, 0.6) is 0 Å². The lowest BCUT2D eigenvalue weighted by molar-refractivity contribution is -0.115. The van der Waals surface area contributed by atoms with E-state index < -0.39 is 0 Å². The molecule has 1 aromatic carbocycles. The zero-order valence-electron chi connectivity index (χ0n) is 13.1. The number of amides is 1. The van der Waals surface area contributed by atoms with Gasteiger partial charge in [0, 0.05) is 16.5 Å². The summed E-state index contributed by atoms with van der Waals surface area (Å²) in [7, 11) is 0. The van der Waals surface area contributed by atoms with Gasteiger partial charge in [-0.25, -0.2) is 0 Å². The van der Waals surface area contributed by atoms with Crippen LogP contribution in [-0.4, -0.2) is 27.1 Å². The highest BCUT2D eigenvalue weighted by Crippen LogP contribution is 2.32. The third-order valence-corrected chi connectivity index (χ3v) is 6.60. The fraction of sp³-hybridized carbons (Fsp3) is 0.400. The summed E-state index contributed by atoms with van der Waals surface area (Å²) in [6.07, 6.45) is 1.10. The van der Waals surface area contributed by atoms with Crippen molar-refractivity contribution in [3.05, 3.63) is 28.8 Å². The number of benzene rings is 1. The Bertz CT molecular complexity index is 678. The lowest BCUT2D eigenvalue weighted by Crippen LogP contribution is -2.22. The summed E-state index contributed by atoms with van der Waals surface area (Å²) in [6, 6.07) is 5.45. The molecule has 1 atom stereocenters. The Morgan fingerprint density at radius 2 is 2.13 bits per heavy atom. The number of carbonyl (C=O) groups is 1. The van der Waals surface area contributed by atoms with Gasteiger partial charge in [0.05, 0.1) is 5.25 Å². The minimum Gasteiger partial charge on any atom is -0.325 e. The number of nitrogens with zero attached hydrogens (tertiary/aromatic N) is 2. The van der Waals surface area contributed by atoms with Crippen molar-refractivity contribution in [2.24, 2.45) is 0 Å². The van der Waals surface area contributed by atoms with Gasteiger partial charge in [0.25, 0.3) is 0 Å². The maximum atomic E-state index is 12.3. The number of aryl methyl sites for hydroxylation is 1. The van der Waals surface area contributed by atoms with Crippen molar-refractivity contribution in [2.75, 3.05) is 11.1 Å². The van der Waals surface area contributed by atoms with Gasteiger partial charge in [0.15, 0.2) is 8.68 Å². The number of aromatic nitrogens is 2. The molecule has 0 spiro atoms. The standard InChI is InChI=1S/C15H18ClN3OS3/c1-4-7-21-14-18-19-15(23-14)22-10(3)13(20)17-12-8-11(16)6-5-9(12)2/h5-6,8,10H,4,7H2,1-3H3,(H,17,20)/t10-/m0/s1. The van der Waals surface area contributed by atoms with Crippen molar-refractivity contribution in [1.29, 1.82) is 0 Å². The molecule has 124 valence electrons. The van der Waals surface area contributed by atoms with Crippen molar-refractivity contribution in [3.8, 4) is 0 Å². The molecule has 2 aromatic rings. The number of nitrogens with one attached hydrogen (secondary N) is 1. The molecular weight excluding hydrogens is 370 g/mol. The highest BCUT2D eigenvalue weighted by molar-refractivity contribution is 8.03. The third kappa shape index (κ3) is 5.67. The summed E-state index contributed by atoms with van der Waals surface area (Å²) >= 11 is 10.6. The average molecular weight is 388 g/mol. The smallest absolute Gasteiger partial charge is 0.237 e. The molecule has 2 rings (SSSR count). The minimum atomic E-state index is -0.259. The van der Waals surface area contributed by atoms with E-state index in [1.807, 2.05) is 26.0 Å². The van der Waals surface area contributed by atoms with Crippen LogP contribution in [0.1, 0.15) is 25.8 Å². The van der Waals surface area contributed by atoms with Crippen LogP contribution in [0.25, 0.3) is 0 Å². The van der Waals surface area contributed by atoms with Crippen LogP contribution in [0.2, 0.25) is 5.02 Å². The molecule has 0 fully saturated rings. The second kappa shape index (κ2) is 8.92. The zero-order valence-corrected chi connectivity index (χ0v) is 16.3. The molecule has 4 nitrogen and oxygen atoms in total. The molecule has 8 heteroatoms. The monoisotopic (exact) mass is 387 g/mol. The Balaban J connectivity index is 1.94. The van der Waals surface area contributed by atoms with Crippen LogP contribution in [0.3, 0.4) is 0 Å². The quantitative estimate of drug-likeness (QED) is 0.668. The molecule has 1 N–H and O–H groups in total. The van der Waals surface area contributed by atoms with Gasteiger partial charge in [0.2, 0.25) is 5.91 Å². The molecule has 0 unspecified atom stereocenters. The third-order valence-electron chi connectivity index (χ3n) is 2.92. The normalized spacial score (nSPS) is 12.2. The predicted molar refractivity (Wildman–Crippen MR) is 101 cm³/mol. The van der Waals surface area contributed by atoms with Crippen LogP contribution >= 0.6 is 46.5 Å². The van der Waals surface area contributed by atoms with E-state index in [-0.39, 0.29) is 11.2 Å². The highest BCUT2D eigenvalue weighted by atomic mass is 35.5. The van der Waals surface area contributed by atoms with Crippen LogP contribution < -0.4 is 5.32 Å². The largest absolute Gasteiger partial charge is 0.325 e. The van der Waals surface area contributed by atoms with Crippen LogP contribution in [0, 0.1) is 6.92 Å². The van der Waals surface area contributed by atoms with Crippen molar-refractivity contribution in [2.45, 2.75) is 41.1 Å². The second-order valence-corrected chi connectivity index (χ2v) is 9.23.